The molecule has 0 bridgehead atoms. The van der Waals surface area contributed by atoms with Crippen LogP contribution < -0.4 is 10.6 Å². The molecule has 3 rings (SSSR count). The number of carbonyl (C=O) groups is 1. The number of carbonyl (C=O) groups excluding carboxylic acids is 1. The molecule has 1 amide bonds. The van der Waals surface area contributed by atoms with E-state index in [1.54, 1.807) is 12.1 Å². The van der Waals surface area contributed by atoms with Gasteiger partial charge in [0, 0.05) is 31.7 Å². The average Bonchev–Trinajstić information content (AvgIpc) is 2.66. The van der Waals surface area contributed by atoms with Crippen LogP contribution in [0.15, 0.2) is 36.5 Å². The molecule has 1 aromatic carbocycles. The molecule has 0 radical (unpaired) electrons. The van der Waals surface area contributed by atoms with Gasteiger partial charge in [-0.15, -0.1) is 0 Å². The second-order valence-corrected chi connectivity index (χ2v) is 5.90. The van der Waals surface area contributed by atoms with Crippen LogP contribution in [0.4, 0.5) is 20.3 Å². The summed E-state index contributed by atoms with van der Waals surface area (Å²) in [4.78, 5) is 18.6. The number of benzene rings is 1. The molecule has 2 aromatic rings. The normalized spacial score (nSPS) is 14.8. The third-order valence-corrected chi connectivity index (χ3v) is 4.04. The lowest BCUT2D eigenvalue weighted by molar-refractivity contribution is 0.0398. The zero-order valence-electron chi connectivity index (χ0n) is 14.2. The van der Waals surface area contributed by atoms with E-state index in [9.17, 15) is 13.6 Å². The number of pyridine rings is 1. The molecule has 0 aliphatic carbocycles. The van der Waals surface area contributed by atoms with Crippen molar-refractivity contribution in [3.05, 3.63) is 53.7 Å². The van der Waals surface area contributed by atoms with Crippen molar-refractivity contribution in [3.8, 4) is 0 Å². The zero-order chi connectivity index (χ0) is 18.4. The number of nitrogens with zero attached hydrogens (tertiary/aromatic N) is 2. The van der Waals surface area contributed by atoms with E-state index < -0.39 is 17.5 Å². The van der Waals surface area contributed by atoms with Gasteiger partial charge in [0.2, 0.25) is 0 Å². The van der Waals surface area contributed by atoms with Gasteiger partial charge in [0.1, 0.15) is 5.82 Å². The highest BCUT2D eigenvalue weighted by Gasteiger charge is 2.11. The van der Waals surface area contributed by atoms with Crippen LogP contribution in [-0.2, 0) is 4.74 Å². The van der Waals surface area contributed by atoms with Gasteiger partial charge in [-0.2, -0.15) is 0 Å². The summed E-state index contributed by atoms with van der Waals surface area (Å²) in [6, 6.07) is 6.45. The van der Waals surface area contributed by atoms with Crippen LogP contribution in [0.3, 0.4) is 0 Å². The Labute approximate surface area is 150 Å². The minimum Gasteiger partial charge on any atom is -0.379 e. The summed E-state index contributed by atoms with van der Waals surface area (Å²) in [5.41, 5.74) is 0.509. The number of morpholine rings is 1. The number of anilines is 2. The van der Waals surface area contributed by atoms with Crippen LogP contribution in [0.2, 0.25) is 0 Å². The van der Waals surface area contributed by atoms with Crippen LogP contribution in [0, 0.1) is 11.6 Å². The molecular formula is C18H20F2N4O2. The predicted molar refractivity (Wildman–Crippen MR) is 94.3 cm³/mol. The highest BCUT2D eigenvalue weighted by molar-refractivity contribution is 6.04. The second kappa shape index (κ2) is 8.68. The number of nitrogens with one attached hydrogen (secondary N) is 2. The van der Waals surface area contributed by atoms with Gasteiger partial charge >= 0.3 is 0 Å². The van der Waals surface area contributed by atoms with Gasteiger partial charge in [-0.3, -0.25) is 9.69 Å². The number of ether oxygens (including phenoxy) is 1. The largest absolute Gasteiger partial charge is 0.379 e. The van der Waals surface area contributed by atoms with Crippen molar-refractivity contribution in [3.63, 3.8) is 0 Å². The van der Waals surface area contributed by atoms with E-state index >= 15 is 0 Å². The van der Waals surface area contributed by atoms with E-state index in [0.717, 1.165) is 51.5 Å². The lowest BCUT2D eigenvalue weighted by Gasteiger charge is -2.26. The second-order valence-electron chi connectivity index (χ2n) is 5.90. The Balaban J connectivity index is 1.49. The molecule has 1 aliphatic rings. The first-order chi connectivity index (χ1) is 12.6. The summed E-state index contributed by atoms with van der Waals surface area (Å²) in [7, 11) is 0. The Bertz CT molecular complexity index is 749. The van der Waals surface area contributed by atoms with Crippen molar-refractivity contribution in [1.82, 2.24) is 9.88 Å². The van der Waals surface area contributed by atoms with Crippen LogP contribution in [0.5, 0.6) is 0 Å². The van der Waals surface area contributed by atoms with Gasteiger partial charge in [0.15, 0.2) is 11.6 Å². The minimum absolute atomic E-state index is 0.0385. The molecule has 0 saturated carbocycles. The predicted octanol–water partition coefficient (Wildman–Crippen LogP) is 2.36. The van der Waals surface area contributed by atoms with Crippen LogP contribution >= 0.6 is 0 Å². The summed E-state index contributed by atoms with van der Waals surface area (Å²) in [5.74, 6) is -1.88. The Morgan fingerprint density at radius 2 is 1.96 bits per heavy atom. The average molecular weight is 362 g/mol. The maximum Gasteiger partial charge on any atom is 0.255 e. The summed E-state index contributed by atoms with van der Waals surface area (Å²) in [6.45, 7) is 5.07. The molecule has 1 fully saturated rings. The summed E-state index contributed by atoms with van der Waals surface area (Å²) < 4.78 is 31.4. The van der Waals surface area contributed by atoms with Crippen molar-refractivity contribution >= 4 is 17.4 Å². The maximum atomic E-state index is 13.2. The van der Waals surface area contributed by atoms with Crippen LogP contribution in [-0.4, -0.2) is 55.2 Å². The fraction of sp³-hybridized carbons (Fsp3) is 0.333. The number of rotatable bonds is 6. The SMILES string of the molecule is O=C(Nc1ccc(NCCN2CCOCC2)nc1)c1ccc(F)c(F)c1. The molecular weight excluding hydrogens is 342 g/mol. The molecule has 1 aliphatic heterocycles. The standard InChI is InChI=1S/C18H20F2N4O2/c19-15-3-1-13(11-16(15)20)18(25)23-14-2-4-17(22-12-14)21-5-6-24-7-9-26-10-8-24/h1-4,11-12H,5-10H2,(H,21,22)(H,23,25). The van der Waals surface area contributed by atoms with E-state index in [4.69, 9.17) is 4.74 Å². The molecule has 0 spiro atoms. The Morgan fingerprint density at radius 3 is 2.65 bits per heavy atom. The summed E-state index contributed by atoms with van der Waals surface area (Å²) >= 11 is 0. The molecule has 6 nitrogen and oxygen atoms in total. The number of amides is 1. The van der Waals surface area contributed by atoms with E-state index in [1.807, 2.05) is 0 Å². The first-order valence-corrected chi connectivity index (χ1v) is 8.38. The van der Waals surface area contributed by atoms with E-state index in [0.29, 0.717) is 11.5 Å². The van der Waals surface area contributed by atoms with E-state index in [1.165, 1.54) is 12.3 Å². The number of hydrogen-bond acceptors (Lipinski definition) is 5. The van der Waals surface area contributed by atoms with Gasteiger partial charge in [-0.05, 0) is 30.3 Å². The molecule has 0 atom stereocenters. The van der Waals surface area contributed by atoms with Gasteiger partial charge in [0.05, 0.1) is 25.1 Å². The van der Waals surface area contributed by atoms with Gasteiger partial charge in [-0.1, -0.05) is 0 Å². The Morgan fingerprint density at radius 1 is 1.15 bits per heavy atom. The fourth-order valence-electron chi connectivity index (χ4n) is 2.58. The van der Waals surface area contributed by atoms with Gasteiger partial charge in [-0.25, -0.2) is 13.8 Å². The third-order valence-electron chi connectivity index (χ3n) is 4.04. The first kappa shape index (κ1) is 18.2. The lowest BCUT2D eigenvalue weighted by atomic mass is 10.2. The zero-order valence-corrected chi connectivity index (χ0v) is 14.2. The lowest BCUT2D eigenvalue weighted by Crippen LogP contribution is -2.39. The van der Waals surface area contributed by atoms with Crippen molar-refractivity contribution in [2.24, 2.45) is 0 Å². The fourth-order valence-corrected chi connectivity index (χ4v) is 2.58. The summed E-state index contributed by atoms with van der Waals surface area (Å²) in [6.07, 6.45) is 1.51. The molecule has 2 heterocycles. The molecule has 0 unspecified atom stereocenters. The van der Waals surface area contributed by atoms with Crippen molar-refractivity contribution in [1.29, 1.82) is 0 Å². The Kier molecular flexibility index (Phi) is 6.08. The summed E-state index contributed by atoms with van der Waals surface area (Å²) in [5, 5.41) is 5.82. The Hall–Kier alpha value is -2.58. The number of hydrogen-bond donors (Lipinski definition) is 2. The number of halogens is 2. The molecule has 1 saturated heterocycles. The van der Waals surface area contributed by atoms with Crippen molar-refractivity contribution < 1.29 is 18.3 Å². The minimum atomic E-state index is -1.06. The highest BCUT2D eigenvalue weighted by Crippen LogP contribution is 2.13. The van der Waals surface area contributed by atoms with Crippen LogP contribution in [0.1, 0.15) is 10.4 Å². The quantitative estimate of drug-likeness (QED) is 0.826. The van der Waals surface area contributed by atoms with Crippen molar-refractivity contribution in [2.75, 3.05) is 50.0 Å². The topological polar surface area (TPSA) is 66.5 Å². The van der Waals surface area contributed by atoms with Crippen LogP contribution in [0.25, 0.3) is 0 Å². The van der Waals surface area contributed by atoms with Crippen molar-refractivity contribution in [2.45, 2.75) is 0 Å². The molecule has 138 valence electrons. The molecule has 26 heavy (non-hydrogen) atoms. The highest BCUT2D eigenvalue weighted by atomic mass is 19.2. The molecule has 2 N–H and O–H groups in total. The molecule has 8 heteroatoms. The number of aromatic nitrogens is 1. The van der Waals surface area contributed by atoms with E-state index in [-0.39, 0.29) is 5.56 Å². The first-order valence-electron chi connectivity index (χ1n) is 8.38. The van der Waals surface area contributed by atoms with Gasteiger partial charge < -0.3 is 15.4 Å². The van der Waals surface area contributed by atoms with Gasteiger partial charge in [0.25, 0.3) is 5.91 Å². The monoisotopic (exact) mass is 362 g/mol. The third kappa shape index (κ3) is 4.96. The van der Waals surface area contributed by atoms with E-state index in [2.05, 4.69) is 20.5 Å². The smallest absolute Gasteiger partial charge is 0.255 e. The maximum absolute atomic E-state index is 13.2. The molecule has 1 aromatic heterocycles.